The summed E-state index contributed by atoms with van der Waals surface area (Å²) in [6.07, 6.45) is 3.39. The molecule has 0 bridgehead atoms. The largest absolute Gasteiger partial charge is 0.382 e. The first kappa shape index (κ1) is 29.4. The highest BCUT2D eigenvalue weighted by Gasteiger charge is 2.32. The van der Waals surface area contributed by atoms with Gasteiger partial charge in [0.2, 0.25) is 10.0 Å². The first-order valence-corrected chi connectivity index (χ1v) is 15.8. The van der Waals surface area contributed by atoms with Gasteiger partial charge >= 0.3 is 0 Å². The average molecular weight is 588 g/mol. The molecule has 0 unspecified atom stereocenters. The first-order chi connectivity index (χ1) is 20.1. The summed E-state index contributed by atoms with van der Waals surface area (Å²) < 4.78 is 24.2. The number of carbonyl (C=O) groups excluding carboxylic acids is 1. The van der Waals surface area contributed by atoms with Gasteiger partial charge in [0.15, 0.2) is 0 Å². The van der Waals surface area contributed by atoms with Crippen molar-refractivity contribution in [2.45, 2.75) is 50.6 Å². The van der Waals surface area contributed by atoms with E-state index in [1.807, 2.05) is 54.0 Å². The third-order valence-corrected chi connectivity index (χ3v) is 9.20. The van der Waals surface area contributed by atoms with Crippen LogP contribution in [-0.4, -0.2) is 69.0 Å². The monoisotopic (exact) mass is 587 g/mol. The van der Waals surface area contributed by atoms with E-state index in [4.69, 9.17) is 5.14 Å². The van der Waals surface area contributed by atoms with E-state index in [-0.39, 0.29) is 22.9 Å². The highest BCUT2D eigenvalue weighted by Crippen LogP contribution is 2.29. The van der Waals surface area contributed by atoms with Crippen molar-refractivity contribution in [2.24, 2.45) is 5.14 Å². The topological polar surface area (TPSA) is 136 Å². The molecule has 11 heteroatoms. The number of rotatable bonds is 6. The zero-order valence-corrected chi connectivity index (χ0v) is 25.1. The Kier molecular flexibility index (Phi) is 8.38. The molecule has 42 heavy (non-hydrogen) atoms. The smallest absolute Gasteiger partial charge is 0.254 e. The van der Waals surface area contributed by atoms with Gasteiger partial charge in [-0.3, -0.25) is 4.79 Å². The SMILES string of the molecule is Cc1cc(C)c(C(=O)N2CCN(c3ncccc3S(N)(=O)=O)C[C@@H]2C)cc1NC1CCN(c2ccccc2C#N)CC1. The van der Waals surface area contributed by atoms with E-state index in [2.05, 4.69) is 34.3 Å². The summed E-state index contributed by atoms with van der Waals surface area (Å²) in [7, 11) is -3.93. The van der Waals surface area contributed by atoms with Gasteiger partial charge in [-0.1, -0.05) is 18.2 Å². The molecule has 1 atom stereocenters. The van der Waals surface area contributed by atoms with Crippen molar-refractivity contribution in [3.63, 3.8) is 0 Å². The number of primary sulfonamides is 1. The molecule has 0 spiro atoms. The summed E-state index contributed by atoms with van der Waals surface area (Å²) >= 11 is 0. The molecule has 5 rings (SSSR count). The second-order valence-electron chi connectivity index (χ2n) is 11.2. The summed E-state index contributed by atoms with van der Waals surface area (Å²) in [4.78, 5) is 24.1. The van der Waals surface area contributed by atoms with Crippen LogP contribution in [0.5, 0.6) is 0 Å². The highest BCUT2D eigenvalue weighted by molar-refractivity contribution is 7.89. The van der Waals surface area contributed by atoms with Crippen LogP contribution in [0.4, 0.5) is 17.2 Å². The van der Waals surface area contributed by atoms with Crippen LogP contribution < -0.4 is 20.3 Å². The summed E-state index contributed by atoms with van der Waals surface area (Å²) in [6, 6.07) is 17.1. The summed E-state index contributed by atoms with van der Waals surface area (Å²) in [6.45, 7) is 8.98. The van der Waals surface area contributed by atoms with Crippen LogP contribution in [0, 0.1) is 25.2 Å². The molecule has 0 radical (unpaired) electrons. The Morgan fingerprint density at radius 2 is 1.76 bits per heavy atom. The zero-order valence-electron chi connectivity index (χ0n) is 24.2. The second kappa shape index (κ2) is 12.0. The molecule has 220 valence electrons. The van der Waals surface area contributed by atoms with Gasteiger partial charge in [0.1, 0.15) is 16.8 Å². The molecule has 10 nitrogen and oxygen atoms in total. The number of piperazine rings is 1. The lowest BCUT2D eigenvalue weighted by molar-refractivity contribution is 0.0672. The van der Waals surface area contributed by atoms with Gasteiger partial charge in [0.05, 0.1) is 11.3 Å². The lowest BCUT2D eigenvalue weighted by atomic mass is 9.99. The number of sulfonamides is 1. The first-order valence-electron chi connectivity index (χ1n) is 14.2. The predicted molar refractivity (Wildman–Crippen MR) is 164 cm³/mol. The Hall–Kier alpha value is -4.14. The molecule has 3 heterocycles. The maximum Gasteiger partial charge on any atom is 0.254 e. The van der Waals surface area contributed by atoms with Gasteiger partial charge in [-0.05, 0) is 75.1 Å². The van der Waals surface area contributed by atoms with E-state index in [1.54, 1.807) is 12.3 Å². The number of amides is 1. The fraction of sp³-hybridized carbons (Fsp3) is 0.387. The number of pyridine rings is 1. The Labute approximate surface area is 247 Å². The van der Waals surface area contributed by atoms with Crippen molar-refractivity contribution in [1.82, 2.24) is 9.88 Å². The van der Waals surface area contributed by atoms with Gasteiger partial charge in [0.25, 0.3) is 5.91 Å². The molecule has 2 aliphatic rings. The molecule has 1 aromatic heterocycles. The Morgan fingerprint density at radius 3 is 2.45 bits per heavy atom. The third-order valence-electron chi connectivity index (χ3n) is 8.27. The zero-order chi connectivity index (χ0) is 30.0. The predicted octanol–water partition coefficient (Wildman–Crippen LogP) is 3.65. The van der Waals surface area contributed by atoms with Crippen LogP contribution in [0.3, 0.4) is 0 Å². The van der Waals surface area contributed by atoms with E-state index in [0.717, 1.165) is 48.4 Å². The Bertz CT molecular complexity index is 1630. The number of nitrogens with two attached hydrogens (primary N) is 1. The standard InChI is InChI=1S/C31H37N7O3S/c1-21-17-22(2)27(35-25-10-13-36(14-11-25)28-8-5-4-7-24(28)19-32)18-26(21)31(39)38-16-15-37(20-23(38)3)30-29(42(33,40)41)9-6-12-34-30/h4-9,12,17-18,23,25,35H,10-11,13-16,20H2,1-3H3,(H2,33,40,41)/t23-/m0/s1. The van der Waals surface area contributed by atoms with Crippen molar-refractivity contribution in [3.8, 4) is 6.07 Å². The van der Waals surface area contributed by atoms with Crippen LogP contribution in [0.15, 0.2) is 59.6 Å². The lowest BCUT2D eigenvalue weighted by Gasteiger charge is -2.41. The molecule has 0 aliphatic carbocycles. The molecule has 2 saturated heterocycles. The van der Waals surface area contributed by atoms with Crippen LogP contribution in [0.2, 0.25) is 0 Å². The molecule has 2 fully saturated rings. The van der Waals surface area contributed by atoms with E-state index in [9.17, 15) is 18.5 Å². The molecule has 0 saturated carbocycles. The van der Waals surface area contributed by atoms with Crippen LogP contribution in [0.25, 0.3) is 0 Å². The fourth-order valence-corrected chi connectivity index (χ4v) is 6.72. The van der Waals surface area contributed by atoms with Crippen molar-refractivity contribution >= 4 is 33.1 Å². The van der Waals surface area contributed by atoms with E-state index in [1.165, 1.54) is 6.07 Å². The van der Waals surface area contributed by atoms with Crippen LogP contribution in [0.1, 0.15) is 46.8 Å². The number of aromatic nitrogens is 1. The summed E-state index contributed by atoms with van der Waals surface area (Å²) in [5, 5.41) is 18.6. The molecule has 2 aromatic carbocycles. The van der Waals surface area contributed by atoms with Gasteiger partial charge in [-0.2, -0.15) is 5.26 Å². The summed E-state index contributed by atoms with van der Waals surface area (Å²) in [5.41, 5.74) is 5.30. The highest BCUT2D eigenvalue weighted by atomic mass is 32.2. The van der Waals surface area contributed by atoms with Crippen molar-refractivity contribution < 1.29 is 13.2 Å². The summed E-state index contributed by atoms with van der Waals surface area (Å²) in [5.74, 6) is 0.275. The van der Waals surface area contributed by atoms with Gasteiger partial charge in [-0.15, -0.1) is 0 Å². The third kappa shape index (κ3) is 6.05. The molecule has 2 aliphatic heterocycles. The van der Waals surface area contributed by atoms with E-state index < -0.39 is 10.0 Å². The van der Waals surface area contributed by atoms with Gasteiger partial charge in [0, 0.05) is 62.3 Å². The van der Waals surface area contributed by atoms with Crippen molar-refractivity contribution in [3.05, 3.63) is 77.0 Å². The van der Waals surface area contributed by atoms with E-state index in [0.29, 0.717) is 36.6 Å². The minimum atomic E-state index is -3.93. The maximum atomic E-state index is 13.8. The molecule has 3 aromatic rings. The number of hydrogen-bond acceptors (Lipinski definition) is 8. The molecular weight excluding hydrogens is 550 g/mol. The lowest BCUT2D eigenvalue weighted by Crippen LogP contribution is -2.54. The van der Waals surface area contributed by atoms with Crippen molar-refractivity contribution in [2.75, 3.05) is 47.8 Å². The number of aryl methyl sites for hydroxylation is 2. The number of nitriles is 1. The van der Waals surface area contributed by atoms with E-state index >= 15 is 0 Å². The second-order valence-corrected chi connectivity index (χ2v) is 12.7. The number of anilines is 3. The molecule has 3 N–H and O–H groups in total. The quantitative estimate of drug-likeness (QED) is 0.446. The number of nitrogens with one attached hydrogen (secondary N) is 1. The minimum Gasteiger partial charge on any atom is -0.382 e. The Balaban J connectivity index is 1.27. The fourth-order valence-electron chi connectivity index (χ4n) is 6.01. The van der Waals surface area contributed by atoms with Crippen molar-refractivity contribution in [1.29, 1.82) is 5.26 Å². The molecule has 1 amide bonds. The van der Waals surface area contributed by atoms with Crippen LogP contribution in [-0.2, 0) is 10.0 Å². The number of para-hydroxylation sites is 1. The number of carbonyl (C=O) groups is 1. The number of piperidine rings is 1. The normalized spacial score (nSPS) is 18.1. The molecular formula is C31H37N7O3S. The Morgan fingerprint density at radius 1 is 1.02 bits per heavy atom. The maximum absolute atomic E-state index is 13.8. The number of benzene rings is 2. The van der Waals surface area contributed by atoms with Crippen LogP contribution >= 0.6 is 0 Å². The van der Waals surface area contributed by atoms with Gasteiger partial charge in [-0.25, -0.2) is 18.5 Å². The number of hydrogen-bond donors (Lipinski definition) is 2. The average Bonchev–Trinajstić information content (AvgIpc) is 2.98. The number of nitrogens with zero attached hydrogens (tertiary/aromatic N) is 5. The van der Waals surface area contributed by atoms with Gasteiger partial charge < -0.3 is 20.0 Å². The minimum absolute atomic E-state index is 0.0119.